The lowest BCUT2D eigenvalue weighted by atomic mass is 9.85. The van der Waals surface area contributed by atoms with Crippen LogP contribution in [0.1, 0.15) is 0 Å². The summed E-state index contributed by atoms with van der Waals surface area (Å²) in [4.78, 5) is 0. The van der Waals surface area contributed by atoms with Crippen molar-refractivity contribution < 1.29 is 4.42 Å². The van der Waals surface area contributed by atoms with E-state index in [1.165, 1.54) is 54.9 Å². The Labute approximate surface area is 226 Å². The van der Waals surface area contributed by atoms with Crippen LogP contribution >= 0.6 is 0 Å². The molecule has 8 aromatic rings. The third-order valence-corrected chi connectivity index (χ3v) is 7.87. The molecule has 0 amide bonds. The third-order valence-electron chi connectivity index (χ3n) is 7.87. The Morgan fingerprint density at radius 1 is 0.333 bits per heavy atom. The van der Waals surface area contributed by atoms with Crippen LogP contribution in [0.2, 0.25) is 0 Å². The van der Waals surface area contributed by atoms with E-state index in [-0.39, 0.29) is 0 Å². The van der Waals surface area contributed by atoms with Gasteiger partial charge in [0.2, 0.25) is 0 Å². The van der Waals surface area contributed by atoms with Gasteiger partial charge in [0.25, 0.3) is 0 Å². The zero-order valence-electron chi connectivity index (χ0n) is 21.3. The summed E-state index contributed by atoms with van der Waals surface area (Å²) >= 11 is 0. The molecule has 0 atom stereocenters. The summed E-state index contributed by atoms with van der Waals surface area (Å²) in [5.41, 5.74) is 9.17. The summed E-state index contributed by atoms with van der Waals surface area (Å²) in [6.45, 7) is 0. The summed E-state index contributed by atoms with van der Waals surface area (Å²) in [6, 6.07) is 51.9. The van der Waals surface area contributed by atoms with Crippen molar-refractivity contribution in [2.24, 2.45) is 0 Å². The van der Waals surface area contributed by atoms with Crippen LogP contribution in [0.5, 0.6) is 0 Å². The SMILES string of the molecule is c1ccc(-c2ccc3oc4cccc(-c5c6ccccc6c(-c6ccccc6)c6ccccc56)c4c3c2)cc1. The molecule has 39 heavy (non-hydrogen) atoms. The summed E-state index contributed by atoms with van der Waals surface area (Å²) in [6.07, 6.45) is 0. The predicted octanol–water partition coefficient (Wildman–Crippen LogP) is 10.9. The first-order valence-corrected chi connectivity index (χ1v) is 13.4. The zero-order chi connectivity index (χ0) is 25.8. The van der Waals surface area contributed by atoms with E-state index in [0.717, 1.165) is 21.9 Å². The average molecular weight is 497 g/mol. The first kappa shape index (κ1) is 21.9. The van der Waals surface area contributed by atoms with E-state index in [9.17, 15) is 0 Å². The molecule has 0 saturated heterocycles. The Hall–Kier alpha value is -5.14. The number of furan rings is 1. The van der Waals surface area contributed by atoms with Crippen molar-refractivity contribution in [3.63, 3.8) is 0 Å². The Bertz CT molecular complexity index is 2090. The fourth-order valence-corrected chi connectivity index (χ4v) is 6.18. The number of hydrogen-bond donors (Lipinski definition) is 0. The molecule has 0 radical (unpaired) electrons. The zero-order valence-corrected chi connectivity index (χ0v) is 21.3. The van der Waals surface area contributed by atoms with Gasteiger partial charge in [0.05, 0.1) is 0 Å². The molecule has 1 heterocycles. The summed E-state index contributed by atoms with van der Waals surface area (Å²) in [7, 11) is 0. The van der Waals surface area contributed by atoms with Crippen LogP contribution in [0, 0.1) is 0 Å². The van der Waals surface area contributed by atoms with Crippen LogP contribution in [0.25, 0.3) is 76.9 Å². The van der Waals surface area contributed by atoms with Crippen LogP contribution in [0.15, 0.2) is 150 Å². The fourth-order valence-electron chi connectivity index (χ4n) is 6.18. The molecule has 0 aliphatic heterocycles. The van der Waals surface area contributed by atoms with E-state index in [1.807, 2.05) is 0 Å². The third kappa shape index (κ3) is 3.41. The quantitative estimate of drug-likeness (QED) is 0.222. The van der Waals surface area contributed by atoms with Gasteiger partial charge in [-0.3, -0.25) is 0 Å². The molecule has 0 fully saturated rings. The lowest BCUT2D eigenvalue weighted by Gasteiger charge is -2.18. The van der Waals surface area contributed by atoms with E-state index in [4.69, 9.17) is 4.42 Å². The second kappa shape index (κ2) is 8.72. The highest BCUT2D eigenvalue weighted by Gasteiger charge is 2.20. The van der Waals surface area contributed by atoms with Crippen molar-refractivity contribution in [2.45, 2.75) is 0 Å². The molecule has 7 aromatic carbocycles. The molecule has 0 spiro atoms. The van der Waals surface area contributed by atoms with Crippen LogP contribution in [-0.2, 0) is 0 Å². The highest BCUT2D eigenvalue weighted by atomic mass is 16.3. The fraction of sp³-hybridized carbons (Fsp3) is 0. The van der Waals surface area contributed by atoms with Crippen molar-refractivity contribution in [1.82, 2.24) is 0 Å². The smallest absolute Gasteiger partial charge is 0.136 e. The maximum atomic E-state index is 6.42. The van der Waals surface area contributed by atoms with E-state index >= 15 is 0 Å². The van der Waals surface area contributed by atoms with Crippen LogP contribution in [-0.4, -0.2) is 0 Å². The van der Waals surface area contributed by atoms with Crippen molar-refractivity contribution >= 4 is 43.5 Å². The predicted molar refractivity (Wildman–Crippen MR) is 165 cm³/mol. The monoisotopic (exact) mass is 496 g/mol. The molecule has 182 valence electrons. The minimum Gasteiger partial charge on any atom is -0.456 e. The van der Waals surface area contributed by atoms with Gasteiger partial charge >= 0.3 is 0 Å². The van der Waals surface area contributed by atoms with Crippen LogP contribution < -0.4 is 0 Å². The van der Waals surface area contributed by atoms with Crippen molar-refractivity contribution in [2.75, 3.05) is 0 Å². The lowest BCUT2D eigenvalue weighted by molar-refractivity contribution is 0.669. The highest BCUT2D eigenvalue weighted by Crippen LogP contribution is 2.47. The van der Waals surface area contributed by atoms with Crippen LogP contribution in [0.4, 0.5) is 0 Å². The summed E-state index contributed by atoms with van der Waals surface area (Å²) in [5.74, 6) is 0. The van der Waals surface area contributed by atoms with Gasteiger partial charge in [0.1, 0.15) is 11.2 Å². The van der Waals surface area contributed by atoms with E-state index < -0.39 is 0 Å². The first-order chi connectivity index (χ1) is 19.4. The van der Waals surface area contributed by atoms with Gasteiger partial charge in [-0.25, -0.2) is 0 Å². The molecule has 0 unspecified atom stereocenters. The van der Waals surface area contributed by atoms with Crippen molar-refractivity contribution in [3.8, 4) is 33.4 Å². The molecule has 0 saturated carbocycles. The minimum absolute atomic E-state index is 0.909. The van der Waals surface area contributed by atoms with E-state index in [1.54, 1.807) is 0 Å². The normalized spacial score (nSPS) is 11.6. The molecule has 1 aromatic heterocycles. The topological polar surface area (TPSA) is 13.1 Å². The lowest BCUT2D eigenvalue weighted by Crippen LogP contribution is -1.91. The molecule has 0 bridgehead atoms. The molecule has 8 rings (SSSR count). The molecule has 1 heteroatoms. The standard InChI is InChI=1S/C38H24O/c1-3-12-25(13-4-1)27-22-23-34-33(24-27)38-32(20-11-21-35(38)39-34)37-30-18-9-7-16-28(30)36(26-14-5-2-6-15-26)29-17-8-10-19-31(29)37/h1-24H. The van der Waals surface area contributed by atoms with Gasteiger partial charge in [-0.1, -0.05) is 127 Å². The maximum Gasteiger partial charge on any atom is 0.136 e. The Morgan fingerprint density at radius 2 is 0.897 bits per heavy atom. The van der Waals surface area contributed by atoms with Gasteiger partial charge < -0.3 is 4.42 Å². The first-order valence-electron chi connectivity index (χ1n) is 13.4. The van der Waals surface area contributed by atoms with E-state index in [0.29, 0.717) is 0 Å². The number of benzene rings is 7. The van der Waals surface area contributed by atoms with Gasteiger partial charge in [-0.05, 0) is 73.1 Å². The second-order valence-electron chi connectivity index (χ2n) is 10.1. The molecule has 0 N–H and O–H groups in total. The molecule has 0 aliphatic carbocycles. The summed E-state index contributed by atoms with van der Waals surface area (Å²) in [5, 5.41) is 7.31. The van der Waals surface area contributed by atoms with Gasteiger partial charge in [0, 0.05) is 10.8 Å². The number of fused-ring (bicyclic) bond motifs is 5. The van der Waals surface area contributed by atoms with Gasteiger partial charge in [-0.2, -0.15) is 0 Å². The minimum atomic E-state index is 0.909. The van der Waals surface area contributed by atoms with Crippen LogP contribution in [0.3, 0.4) is 0 Å². The largest absolute Gasteiger partial charge is 0.456 e. The Kier molecular flexibility index (Phi) is 4.89. The summed E-state index contributed by atoms with van der Waals surface area (Å²) < 4.78 is 6.42. The number of rotatable bonds is 3. The highest BCUT2D eigenvalue weighted by molar-refractivity contribution is 6.25. The van der Waals surface area contributed by atoms with Crippen molar-refractivity contribution in [3.05, 3.63) is 146 Å². The van der Waals surface area contributed by atoms with Gasteiger partial charge in [0.15, 0.2) is 0 Å². The van der Waals surface area contributed by atoms with Gasteiger partial charge in [-0.15, -0.1) is 0 Å². The molecular weight excluding hydrogens is 472 g/mol. The van der Waals surface area contributed by atoms with Crippen molar-refractivity contribution in [1.29, 1.82) is 0 Å². The molecule has 0 aliphatic rings. The average Bonchev–Trinajstić information content (AvgIpc) is 3.39. The van der Waals surface area contributed by atoms with E-state index in [2.05, 4.69) is 146 Å². The molecule has 1 nitrogen and oxygen atoms in total. The Balaban J connectivity index is 1.51. The Morgan fingerprint density at radius 3 is 1.54 bits per heavy atom. The molecular formula is C38H24O. The second-order valence-corrected chi connectivity index (χ2v) is 10.1. The maximum absolute atomic E-state index is 6.42. The number of hydrogen-bond acceptors (Lipinski definition) is 1.